The van der Waals surface area contributed by atoms with Gasteiger partial charge in [-0.1, -0.05) is 0 Å². The van der Waals surface area contributed by atoms with Crippen LogP contribution in [0, 0.1) is 0 Å². The zero-order chi connectivity index (χ0) is 17.3. The number of aliphatic hydroxyl groups excluding tert-OH is 8. The van der Waals surface area contributed by atoms with E-state index in [1.807, 2.05) is 0 Å². The number of rotatable bonds is 4. The highest BCUT2D eigenvalue weighted by molar-refractivity contribution is 4.91. The van der Waals surface area contributed by atoms with Crippen LogP contribution in [0.4, 0.5) is 0 Å². The van der Waals surface area contributed by atoms with E-state index in [1.54, 1.807) is 0 Å². The van der Waals surface area contributed by atoms with Gasteiger partial charge in [-0.3, -0.25) is 0 Å². The Labute approximate surface area is 130 Å². The van der Waals surface area contributed by atoms with Gasteiger partial charge in [-0.15, -0.1) is 0 Å². The minimum atomic E-state index is -1.74. The van der Waals surface area contributed by atoms with Gasteiger partial charge in [0.25, 0.3) is 0 Å². The first-order chi connectivity index (χ1) is 10.8. The van der Waals surface area contributed by atoms with E-state index in [2.05, 4.69) is 0 Å². The molecule has 2 aliphatic rings. The summed E-state index contributed by atoms with van der Waals surface area (Å²) in [4.78, 5) is 0. The first kappa shape index (κ1) is 18.9. The fraction of sp³-hybridized carbons (Fsp3) is 1.00. The van der Waals surface area contributed by atoms with Gasteiger partial charge in [0.05, 0.1) is 13.2 Å². The van der Waals surface area contributed by atoms with E-state index in [9.17, 15) is 35.7 Å². The van der Waals surface area contributed by atoms with Gasteiger partial charge < -0.3 is 55.1 Å². The quantitative estimate of drug-likeness (QED) is 0.243. The van der Waals surface area contributed by atoms with Gasteiger partial charge in [0.2, 0.25) is 0 Å². The van der Waals surface area contributed by atoms with Gasteiger partial charge >= 0.3 is 0 Å². The molecule has 23 heavy (non-hydrogen) atoms. The SMILES string of the molecule is OC[C@@H]1O[C@@H](OC[C@@H]2OC(O)[C@@H](O)[C@H](O)[C@H]2O)[C@@H](O)[C@H](O)[C@H]1O. The molecule has 0 spiro atoms. The fourth-order valence-electron chi connectivity index (χ4n) is 2.46. The smallest absolute Gasteiger partial charge is 0.186 e. The average molecular weight is 342 g/mol. The molecular formula is C12H22O11. The van der Waals surface area contributed by atoms with E-state index in [-0.39, 0.29) is 0 Å². The maximum Gasteiger partial charge on any atom is 0.186 e. The molecular weight excluding hydrogens is 320 g/mol. The molecule has 1 unspecified atom stereocenters. The summed E-state index contributed by atoms with van der Waals surface area (Å²) in [6.45, 7) is -1.10. The third kappa shape index (κ3) is 3.81. The van der Waals surface area contributed by atoms with E-state index < -0.39 is 74.6 Å². The van der Waals surface area contributed by atoms with E-state index in [0.29, 0.717) is 0 Å². The lowest BCUT2D eigenvalue weighted by atomic mass is 9.98. The number of aliphatic hydroxyl groups is 8. The summed E-state index contributed by atoms with van der Waals surface area (Å²) in [5, 5.41) is 76.1. The molecule has 136 valence electrons. The van der Waals surface area contributed by atoms with Gasteiger partial charge in [0.15, 0.2) is 12.6 Å². The van der Waals surface area contributed by atoms with E-state index in [4.69, 9.17) is 19.3 Å². The first-order valence-corrected chi connectivity index (χ1v) is 7.07. The average Bonchev–Trinajstić information content (AvgIpc) is 2.54. The van der Waals surface area contributed by atoms with Gasteiger partial charge in [-0.25, -0.2) is 0 Å². The van der Waals surface area contributed by atoms with Crippen molar-refractivity contribution in [2.24, 2.45) is 0 Å². The van der Waals surface area contributed by atoms with Gasteiger partial charge in [-0.2, -0.15) is 0 Å². The molecule has 0 amide bonds. The monoisotopic (exact) mass is 342 g/mol. The van der Waals surface area contributed by atoms with Crippen LogP contribution >= 0.6 is 0 Å². The number of hydrogen-bond acceptors (Lipinski definition) is 11. The number of ether oxygens (including phenoxy) is 3. The molecule has 0 bridgehead atoms. The predicted octanol–water partition coefficient (Wildman–Crippen LogP) is -5.40. The highest BCUT2D eigenvalue weighted by Gasteiger charge is 2.46. The molecule has 11 nitrogen and oxygen atoms in total. The molecule has 2 saturated heterocycles. The summed E-state index contributed by atoms with van der Waals surface area (Å²) < 4.78 is 15.1. The van der Waals surface area contributed by atoms with E-state index in [0.717, 1.165) is 0 Å². The van der Waals surface area contributed by atoms with Crippen LogP contribution in [0.1, 0.15) is 0 Å². The Balaban J connectivity index is 1.94. The molecule has 0 aliphatic carbocycles. The second-order valence-electron chi connectivity index (χ2n) is 5.57. The summed E-state index contributed by atoms with van der Waals surface area (Å²) in [5.41, 5.74) is 0. The largest absolute Gasteiger partial charge is 0.394 e. The summed E-state index contributed by atoms with van der Waals surface area (Å²) in [6, 6.07) is 0. The molecule has 2 heterocycles. The van der Waals surface area contributed by atoms with Gasteiger partial charge in [-0.05, 0) is 0 Å². The Morgan fingerprint density at radius 2 is 1.22 bits per heavy atom. The second-order valence-corrected chi connectivity index (χ2v) is 5.57. The van der Waals surface area contributed by atoms with Crippen LogP contribution in [0.25, 0.3) is 0 Å². The Bertz CT molecular complexity index is 380. The van der Waals surface area contributed by atoms with Crippen LogP contribution in [0.2, 0.25) is 0 Å². The maximum absolute atomic E-state index is 9.78. The lowest BCUT2D eigenvalue weighted by Crippen LogP contribution is -2.61. The summed E-state index contributed by atoms with van der Waals surface area (Å²) in [6.07, 6.45) is -15.3. The van der Waals surface area contributed by atoms with Crippen molar-refractivity contribution >= 4 is 0 Å². The second kappa shape index (κ2) is 7.63. The van der Waals surface area contributed by atoms with Crippen molar-refractivity contribution < 1.29 is 55.1 Å². The summed E-state index contributed by atoms with van der Waals surface area (Å²) >= 11 is 0. The molecule has 0 aromatic rings. The molecule has 0 saturated carbocycles. The zero-order valence-corrected chi connectivity index (χ0v) is 12.0. The molecule has 11 heteroatoms. The van der Waals surface area contributed by atoms with Crippen LogP contribution in [0.5, 0.6) is 0 Å². The van der Waals surface area contributed by atoms with Gasteiger partial charge in [0.1, 0.15) is 48.8 Å². The lowest BCUT2D eigenvalue weighted by molar-refractivity contribution is -0.325. The minimum Gasteiger partial charge on any atom is -0.394 e. The number of hydrogen-bond donors (Lipinski definition) is 8. The van der Waals surface area contributed by atoms with Crippen LogP contribution in [0.15, 0.2) is 0 Å². The van der Waals surface area contributed by atoms with Crippen molar-refractivity contribution in [2.45, 2.75) is 61.4 Å². The molecule has 0 aromatic heterocycles. The normalized spacial score (nSPS) is 51.7. The highest BCUT2D eigenvalue weighted by Crippen LogP contribution is 2.24. The van der Waals surface area contributed by atoms with Crippen molar-refractivity contribution in [1.29, 1.82) is 0 Å². The lowest BCUT2D eigenvalue weighted by Gasteiger charge is -2.41. The predicted molar refractivity (Wildman–Crippen MR) is 68.6 cm³/mol. The third-order valence-corrected chi connectivity index (χ3v) is 3.96. The zero-order valence-electron chi connectivity index (χ0n) is 12.0. The molecule has 0 aromatic carbocycles. The summed E-state index contributed by atoms with van der Waals surface area (Å²) in [5.74, 6) is 0. The first-order valence-electron chi connectivity index (χ1n) is 7.07. The Kier molecular flexibility index (Phi) is 6.27. The molecule has 8 N–H and O–H groups in total. The van der Waals surface area contributed by atoms with Crippen molar-refractivity contribution in [3.8, 4) is 0 Å². The van der Waals surface area contributed by atoms with Crippen LogP contribution < -0.4 is 0 Å². The molecule has 2 fully saturated rings. The topological polar surface area (TPSA) is 190 Å². The highest BCUT2D eigenvalue weighted by atomic mass is 16.7. The van der Waals surface area contributed by atoms with Crippen molar-refractivity contribution in [3.63, 3.8) is 0 Å². The van der Waals surface area contributed by atoms with Crippen LogP contribution in [0.3, 0.4) is 0 Å². The van der Waals surface area contributed by atoms with E-state index >= 15 is 0 Å². The third-order valence-electron chi connectivity index (χ3n) is 3.96. The Hall–Kier alpha value is -0.440. The molecule has 10 atom stereocenters. The maximum atomic E-state index is 9.78. The van der Waals surface area contributed by atoms with Crippen molar-refractivity contribution in [2.75, 3.05) is 13.2 Å². The van der Waals surface area contributed by atoms with Crippen molar-refractivity contribution in [3.05, 3.63) is 0 Å². The fourth-order valence-corrected chi connectivity index (χ4v) is 2.46. The van der Waals surface area contributed by atoms with Crippen LogP contribution in [-0.2, 0) is 14.2 Å². The van der Waals surface area contributed by atoms with Crippen molar-refractivity contribution in [1.82, 2.24) is 0 Å². The van der Waals surface area contributed by atoms with E-state index in [1.165, 1.54) is 0 Å². The molecule has 0 radical (unpaired) electrons. The summed E-state index contributed by atoms with van der Waals surface area (Å²) in [7, 11) is 0. The standard InChI is InChI=1S/C12H22O11/c13-1-3-5(14)8(17)10(19)12(23-3)21-2-4-6(15)7(16)9(18)11(20)22-4/h3-20H,1-2H2/t3-,4-,5-,6-,7+,8+,9-,10-,11?,12+/m0/s1. The molecule has 2 aliphatic heterocycles. The van der Waals surface area contributed by atoms with Crippen LogP contribution in [-0.4, -0.2) is 115 Å². The van der Waals surface area contributed by atoms with Gasteiger partial charge in [0, 0.05) is 0 Å². The Morgan fingerprint density at radius 1 is 0.652 bits per heavy atom. The Morgan fingerprint density at radius 3 is 1.83 bits per heavy atom. The molecule has 2 rings (SSSR count). The minimum absolute atomic E-state index is 0.468.